The van der Waals surface area contributed by atoms with Crippen molar-refractivity contribution in [3.63, 3.8) is 0 Å². The van der Waals surface area contributed by atoms with Gasteiger partial charge in [0.1, 0.15) is 5.82 Å². The molecule has 0 saturated carbocycles. The third-order valence-electron chi connectivity index (χ3n) is 3.16. The van der Waals surface area contributed by atoms with Crippen LogP contribution in [-0.4, -0.2) is 0 Å². The van der Waals surface area contributed by atoms with Crippen LogP contribution in [0.25, 0.3) is 11.1 Å². The minimum Gasteiger partial charge on any atom is -0.326 e. The summed E-state index contributed by atoms with van der Waals surface area (Å²) in [7, 11) is 0. The summed E-state index contributed by atoms with van der Waals surface area (Å²) in [5.74, 6) is -0.277. The van der Waals surface area contributed by atoms with Gasteiger partial charge in [0.05, 0.1) is 0 Å². The second-order valence-electron chi connectivity index (χ2n) is 4.43. The zero-order chi connectivity index (χ0) is 13.3. The van der Waals surface area contributed by atoms with Crippen molar-refractivity contribution >= 4 is 11.6 Å². The lowest BCUT2D eigenvalue weighted by Crippen LogP contribution is -2.00. The average Bonchev–Trinajstić information content (AvgIpc) is 2.35. The minimum absolute atomic E-state index is 0.183. The Morgan fingerprint density at radius 2 is 1.78 bits per heavy atom. The molecule has 0 bridgehead atoms. The first-order valence-electron chi connectivity index (χ1n) is 5.78. The van der Waals surface area contributed by atoms with Gasteiger partial charge in [0.2, 0.25) is 0 Å². The number of halogens is 2. The zero-order valence-electron chi connectivity index (χ0n) is 10.4. The number of rotatable bonds is 2. The van der Waals surface area contributed by atoms with Crippen LogP contribution in [0.4, 0.5) is 4.39 Å². The molecule has 2 aromatic rings. The molecular formula is C15H15ClFN. The van der Waals surface area contributed by atoms with Crippen molar-refractivity contribution in [3.8, 4) is 11.1 Å². The van der Waals surface area contributed by atoms with E-state index in [0.717, 1.165) is 22.3 Å². The van der Waals surface area contributed by atoms with Crippen LogP contribution < -0.4 is 5.73 Å². The van der Waals surface area contributed by atoms with E-state index in [1.807, 2.05) is 26.0 Å². The van der Waals surface area contributed by atoms with Crippen molar-refractivity contribution in [2.75, 3.05) is 0 Å². The first-order chi connectivity index (χ1) is 8.52. The van der Waals surface area contributed by atoms with Gasteiger partial charge in [-0.25, -0.2) is 4.39 Å². The molecule has 0 aliphatic heterocycles. The SMILES string of the molecule is Cc1cc(Cl)c(-c2ccc(F)c(CN)c2)cc1C. The molecule has 0 aromatic heterocycles. The summed E-state index contributed by atoms with van der Waals surface area (Å²) in [6.07, 6.45) is 0. The first-order valence-corrected chi connectivity index (χ1v) is 6.16. The van der Waals surface area contributed by atoms with Gasteiger partial charge in [-0.3, -0.25) is 0 Å². The summed E-state index contributed by atoms with van der Waals surface area (Å²) < 4.78 is 13.4. The molecule has 0 heterocycles. The lowest BCUT2D eigenvalue weighted by molar-refractivity contribution is 0.611. The molecule has 1 nitrogen and oxygen atoms in total. The Kier molecular flexibility index (Phi) is 3.69. The summed E-state index contributed by atoms with van der Waals surface area (Å²) in [5, 5.41) is 0.674. The highest BCUT2D eigenvalue weighted by molar-refractivity contribution is 6.33. The summed E-state index contributed by atoms with van der Waals surface area (Å²) >= 11 is 6.25. The van der Waals surface area contributed by atoms with Crippen LogP contribution in [0.1, 0.15) is 16.7 Å². The van der Waals surface area contributed by atoms with Crippen molar-refractivity contribution in [2.45, 2.75) is 20.4 Å². The third-order valence-corrected chi connectivity index (χ3v) is 3.47. The van der Waals surface area contributed by atoms with Gasteiger partial charge in [0.15, 0.2) is 0 Å². The average molecular weight is 264 g/mol. The van der Waals surface area contributed by atoms with Gasteiger partial charge in [0, 0.05) is 22.7 Å². The van der Waals surface area contributed by atoms with Crippen molar-refractivity contribution in [2.24, 2.45) is 5.73 Å². The van der Waals surface area contributed by atoms with Gasteiger partial charge in [-0.15, -0.1) is 0 Å². The van der Waals surface area contributed by atoms with Crippen LogP contribution >= 0.6 is 11.6 Å². The normalized spacial score (nSPS) is 10.7. The summed E-state index contributed by atoms with van der Waals surface area (Å²) in [4.78, 5) is 0. The van der Waals surface area contributed by atoms with E-state index in [4.69, 9.17) is 17.3 Å². The highest BCUT2D eigenvalue weighted by atomic mass is 35.5. The van der Waals surface area contributed by atoms with Crippen LogP contribution in [0.15, 0.2) is 30.3 Å². The number of nitrogens with two attached hydrogens (primary N) is 1. The Bertz CT molecular complexity index is 593. The third kappa shape index (κ3) is 2.40. The maximum atomic E-state index is 13.4. The molecule has 0 aliphatic rings. The van der Waals surface area contributed by atoms with Crippen molar-refractivity contribution in [1.29, 1.82) is 0 Å². The Morgan fingerprint density at radius 3 is 2.44 bits per heavy atom. The van der Waals surface area contributed by atoms with Gasteiger partial charge in [-0.2, -0.15) is 0 Å². The molecule has 2 N–H and O–H groups in total. The first kappa shape index (κ1) is 13.1. The summed E-state index contributed by atoms with van der Waals surface area (Å²) in [6.45, 7) is 4.23. The van der Waals surface area contributed by atoms with E-state index >= 15 is 0 Å². The number of hydrogen-bond donors (Lipinski definition) is 1. The zero-order valence-corrected chi connectivity index (χ0v) is 11.2. The van der Waals surface area contributed by atoms with Gasteiger partial charge in [-0.1, -0.05) is 17.7 Å². The maximum Gasteiger partial charge on any atom is 0.127 e. The van der Waals surface area contributed by atoms with E-state index in [9.17, 15) is 4.39 Å². The fourth-order valence-corrected chi connectivity index (χ4v) is 2.23. The summed E-state index contributed by atoms with van der Waals surface area (Å²) in [6, 6.07) is 8.86. The molecule has 0 spiro atoms. The lowest BCUT2D eigenvalue weighted by Gasteiger charge is -2.10. The molecule has 2 rings (SSSR count). The van der Waals surface area contributed by atoms with Crippen LogP contribution in [0.5, 0.6) is 0 Å². The minimum atomic E-state index is -0.277. The van der Waals surface area contributed by atoms with E-state index in [1.54, 1.807) is 12.1 Å². The molecule has 18 heavy (non-hydrogen) atoms. The Morgan fingerprint density at radius 1 is 1.11 bits per heavy atom. The largest absolute Gasteiger partial charge is 0.326 e. The lowest BCUT2D eigenvalue weighted by atomic mass is 9.98. The Hall–Kier alpha value is -1.38. The standard InChI is InChI=1S/C15H15ClFN/c1-9-5-13(14(16)6-10(9)2)11-3-4-15(17)12(7-11)8-18/h3-7H,8,18H2,1-2H3. The molecule has 0 saturated heterocycles. The molecule has 3 heteroatoms. The molecule has 0 fully saturated rings. The molecule has 0 amide bonds. The molecule has 0 radical (unpaired) electrons. The van der Waals surface area contributed by atoms with Gasteiger partial charge in [0.25, 0.3) is 0 Å². The number of aryl methyl sites for hydroxylation is 2. The second-order valence-corrected chi connectivity index (χ2v) is 4.83. The molecule has 94 valence electrons. The Labute approximate surface area is 111 Å². The predicted molar refractivity (Wildman–Crippen MR) is 74.2 cm³/mol. The molecule has 0 aliphatic carbocycles. The molecule has 2 aromatic carbocycles. The van der Waals surface area contributed by atoms with E-state index in [-0.39, 0.29) is 12.4 Å². The van der Waals surface area contributed by atoms with Crippen molar-refractivity contribution in [3.05, 3.63) is 57.9 Å². The van der Waals surface area contributed by atoms with Crippen LogP contribution in [0.2, 0.25) is 5.02 Å². The smallest absolute Gasteiger partial charge is 0.127 e. The van der Waals surface area contributed by atoms with E-state index in [2.05, 4.69) is 0 Å². The predicted octanol–water partition coefficient (Wildman–Crippen LogP) is 4.22. The fraction of sp³-hybridized carbons (Fsp3) is 0.200. The highest BCUT2D eigenvalue weighted by Gasteiger charge is 2.08. The topological polar surface area (TPSA) is 26.0 Å². The molecular weight excluding hydrogens is 249 g/mol. The van der Waals surface area contributed by atoms with Crippen LogP contribution in [0, 0.1) is 19.7 Å². The van der Waals surface area contributed by atoms with Crippen LogP contribution in [-0.2, 0) is 6.54 Å². The maximum absolute atomic E-state index is 13.4. The fourth-order valence-electron chi connectivity index (χ4n) is 1.90. The van der Waals surface area contributed by atoms with Gasteiger partial charge in [-0.05, 0) is 54.8 Å². The Balaban J connectivity index is 2.58. The second kappa shape index (κ2) is 5.09. The number of hydrogen-bond acceptors (Lipinski definition) is 1. The van der Waals surface area contributed by atoms with Crippen molar-refractivity contribution < 1.29 is 4.39 Å². The quantitative estimate of drug-likeness (QED) is 0.862. The van der Waals surface area contributed by atoms with E-state index in [0.29, 0.717) is 10.6 Å². The number of benzene rings is 2. The van der Waals surface area contributed by atoms with E-state index in [1.165, 1.54) is 6.07 Å². The molecule has 0 unspecified atom stereocenters. The van der Waals surface area contributed by atoms with Gasteiger partial charge >= 0.3 is 0 Å². The summed E-state index contributed by atoms with van der Waals surface area (Å²) in [5.41, 5.74) is 10.1. The van der Waals surface area contributed by atoms with E-state index < -0.39 is 0 Å². The molecule has 0 atom stereocenters. The van der Waals surface area contributed by atoms with Gasteiger partial charge < -0.3 is 5.73 Å². The highest BCUT2D eigenvalue weighted by Crippen LogP contribution is 2.31. The van der Waals surface area contributed by atoms with Crippen molar-refractivity contribution in [1.82, 2.24) is 0 Å². The van der Waals surface area contributed by atoms with Crippen LogP contribution in [0.3, 0.4) is 0 Å². The monoisotopic (exact) mass is 263 g/mol.